The van der Waals surface area contributed by atoms with Gasteiger partial charge in [0.15, 0.2) is 5.78 Å². The lowest BCUT2D eigenvalue weighted by molar-refractivity contribution is -0.137. The lowest BCUT2D eigenvalue weighted by Gasteiger charge is -2.29. The molecular formula is C49H40F3N3O6S2. The largest absolute Gasteiger partial charge is 0.416 e. The van der Waals surface area contributed by atoms with Crippen LogP contribution in [0.5, 0.6) is 0 Å². The van der Waals surface area contributed by atoms with Crippen LogP contribution in [0.1, 0.15) is 78.8 Å². The normalized spacial score (nSPS) is 13.7. The Kier molecular flexibility index (Phi) is 12.4. The molecule has 7 aromatic rings. The van der Waals surface area contributed by atoms with Crippen molar-refractivity contribution in [2.75, 3.05) is 23.3 Å². The molecule has 0 bridgehead atoms. The van der Waals surface area contributed by atoms with Crippen molar-refractivity contribution in [2.45, 2.75) is 47.1 Å². The summed E-state index contributed by atoms with van der Waals surface area (Å²) in [6.45, 7) is 1.42. The smallest absolute Gasteiger partial charge is 0.380 e. The van der Waals surface area contributed by atoms with E-state index in [1.807, 2.05) is 12.1 Å². The highest BCUT2D eigenvalue weighted by Crippen LogP contribution is 2.36. The summed E-state index contributed by atoms with van der Waals surface area (Å²) < 4.78 is 71.3. The molecule has 0 radical (unpaired) electrons. The molecule has 320 valence electrons. The Labute approximate surface area is 366 Å². The SMILES string of the molecule is O=C(Nc1ccc(N2CCCCC2)cc1C(=O)c1cc2ccc(C(F)(F)F)cc2n1S(=O)(=O)c1ccccc1)c1cccc(CSc2cccc(C(=O)C(O)c3ccccc3)c2)c1. The molecule has 2 heterocycles. The summed E-state index contributed by atoms with van der Waals surface area (Å²) in [5.41, 5.74) is 0.774. The number of Topliss-reactive ketones (excluding diaryl/α,β-unsaturated/α-hetero) is 1. The highest BCUT2D eigenvalue weighted by atomic mass is 32.2. The van der Waals surface area contributed by atoms with Gasteiger partial charge in [-0.3, -0.25) is 14.4 Å². The number of aliphatic hydroxyl groups is 1. The van der Waals surface area contributed by atoms with Gasteiger partial charge in [-0.25, -0.2) is 12.4 Å². The van der Waals surface area contributed by atoms with E-state index in [2.05, 4.69) is 10.2 Å². The Morgan fingerprint density at radius 1 is 0.730 bits per heavy atom. The van der Waals surface area contributed by atoms with Gasteiger partial charge in [-0.15, -0.1) is 11.8 Å². The number of carbonyl (C=O) groups is 3. The van der Waals surface area contributed by atoms with Gasteiger partial charge in [0, 0.05) is 51.5 Å². The second kappa shape index (κ2) is 18.1. The molecule has 1 atom stereocenters. The lowest BCUT2D eigenvalue weighted by Crippen LogP contribution is -2.29. The number of nitrogens with zero attached hydrogens (tertiary/aromatic N) is 2. The first kappa shape index (κ1) is 43.2. The van der Waals surface area contributed by atoms with Gasteiger partial charge >= 0.3 is 6.18 Å². The van der Waals surface area contributed by atoms with Crippen LogP contribution >= 0.6 is 11.8 Å². The van der Waals surface area contributed by atoms with E-state index in [9.17, 15) is 41.1 Å². The summed E-state index contributed by atoms with van der Waals surface area (Å²) in [7, 11) is -4.63. The summed E-state index contributed by atoms with van der Waals surface area (Å²) in [6.07, 6.45) is -3.22. The van der Waals surface area contributed by atoms with Crippen LogP contribution in [0, 0.1) is 0 Å². The molecule has 6 aromatic carbocycles. The fourth-order valence-electron chi connectivity index (χ4n) is 7.63. The number of fused-ring (bicyclic) bond motifs is 1. The quantitative estimate of drug-likeness (QED) is 0.0866. The van der Waals surface area contributed by atoms with Crippen molar-refractivity contribution in [1.82, 2.24) is 3.97 Å². The minimum absolute atomic E-state index is 0.0479. The van der Waals surface area contributed by atoms with Gasteiger partial charge in [-0.2, -0.15) is 13.2 Å². The van der Waals surface area contributed by atoms with Gasteiger partial charge < -0.3 is 15.3 Å². The molecule has 14 heteroatoms. The van der Waals surface area contributed by atoms with Crippen molar-refractivity contribution < 1.29 is 41.1 Å². The number of aliphatic hydroxyl groups excluding tert-OH is 1. The first-order valence-corrected chi connectivity index (χ1v) is 22.6. The molecule has 1 fully saturated rings. The van der Waals surface area contributed by atoms with Crippen LogP contribution in [0.15, 0.2) is 161 Å². The Balaban J connectivity index is 1.10. The number of aromatic nitrogens is 1. The molecule has 2 N–H and O–H groups in total. The van der Waals surface area contributed by atoms with Crippen LogP contribution < -0.4 is 10.2 Å². The summed E-state index contributed by atoms with van der Waals surface area (Å²) >= 11 is 1.43. The van der Waals surface area contributed by atoms with Crippen LogP contribution in [0.25, 0.3) is 10.9 Å². The minimum Gasteiger partial charge on any atom is -0.380 e. The van der Waals surface area contributed by atoms with Crippen molar-refractivity contribution in [3.8, 4) is 0 Å². The maximum absolute atomic E-state index is 14.9. The number of hydrogen-bond donors (Lipinski definition) is 2. The van der Waals surface area contributed by atoms with Gasteiger partial charge in [-0.05, 0) is 103 Å². The van der Waals surface area contributed by atoms with Crippen molar-refractivity contribution in [1.29, 1.82) is 0 Å². The molecule has 0 saturated carbocycles. The van der Waals surface area contributed by atoms with Gasteiger partial charge in [0.25, 0.3) is 15.9 Å². The van der Waals surface area contributed by atoms with E-state index in [-0.39, 0.29) is 32.6 Å². The predicted octanol–water partition coefficient (Wildman–Crippen LogP) is 10.6. The van der Waals surface area contributed by atoms with Crippen LogP contribution in [0.4, 0.5) is 24.5 Å². The number of piperidine rings is 1. The molecule has 1 saturated heterocycles. The first-order chi connectivity index (χ1) is 30.3. The Morgan fingerprint density at radius 2 is 1.43 bits per heavy atom. The maximum Gasteiger partial charge on any atom is 0.416 e. The Bertz CT molecular complexity index is 2950. The molecule has 1 aromatic heterocycles. The Hall–Kier alpha value is -6.48. The Morgan fingerprint density at radius 3 is 2.16 bits per heavy atom. The molecule has 1 aliphatic rings. The molecule has 9 nitrogen and oxygen atoms in total. The highest BCUT2D eigenvalue weighted by Gasteiger charge is 2.34. The van der Waals surface area contributed by atoms with Gasteiger partial charge in [0.1, 0.15) is 11.8 Å². The van der Waals surface area contributed by atoms with E-state index >= 15 is 0 Å². The van der Waals surface area contributed by atoms with E-state index in [0.717, 1.165) is 47.9 Å². The number of nitrogens with one attached hydrogen (secondary N) is 1. The molecule has 1 aliphatic heterocycles. The van der Waals surface area contributed by atoms with E-state index < -0.39 is 51.0 Å². The molecule has 1 amide bonds. The fourth-order valence-corrected chi connectivity index (χ4v) is 10.1. The zero-order valence-electron chi connectivity index (χ0n) is 33.6. The van der Waals surface area contributed by atoms with Crippen molar-refractivity contribution in [3.63, 3.8) is 0 Å². The maximum atomic E-state index is 14.9. The van der Waals surface area contributed by atoms with Crippen LogP contribution in [0.2, 0.25) is 0 Å². The van der Waals surface area contributed by atoms with Crippen LogP contribution in [-0.4, -0.2) is 48.1 Å². The number of halogens is 3. The van der Waals surface area contributed by atoms with Crippen molar-refractivity contribution >= 4 is 61.5 Å². The molecule has 63 heavy (non-hydrogen) atoms. The molecule has 0 spiro atoms. The predicted molar refractivity (Wildman–Crippen MR) is 238 cm³/mol. The highest BCUT2D eigenvalue weighted by molar-refractivity contribution is 7.98. The summed E-state index contributed by atoms with van der Waals surface area (Å²) in [5, 5.41) is 13.6. The number of carbonyl (C=O) groups excluding carboxylic acids is 3. The number of benzene rings is 6. The van der Waals surface area contributed by atoms with Gasteiger partial charge in [0.2, 0.25) is 5.78 Å². The van der Waals surface area contributed by atoms with Gasteiger partial charge in [0.05, 0.1) is 21.7 Å². The third-order valence-electron chi connectivity index (χ3n) is 10.9. The third-order valence-corrected chi connectivity index (χ3v) is 13.7. The monoisotopic (exact) mass is 887 g/mol. The number of ketones is 2. The number of anilines is 2. The number of alkyl halides is 3. The van der Waals surface area contributed by atoms with Crippen molar-refractivity contribution in [2.24, 2.45) is 0 Å². The number of hydrogen-bond acceptors (Lipinski definition) is 8. The van der Waals surface area contributed by atoms with Crippen LogP contribution in [-0.2, 0) is 22.0 Å². The minimum atomic E-state index is -4.79. The topological polar surface area (TPSA) is 126 Å². The average Bonchev–Trinajstić information content (AvgIpc) is 3.71. The fraction of sp³-hybridized carbons (Fsp3) is 0.163. The second-order valence-electron chi connectivity index (χ2n) is 15.1. The summed E-state index contributed by atoms with van der Waals surface area (Å²) in [6, 6.07) is 38.5. The molecule has 1 unspecified atom stereocenters. The van der Waals surface area contributed by atoms with Gasteiger partial charge in [-0.1, -0.05) is 78.9 Å². The second-order valence-corrected chi connectivity index (χ2v) is 18.0. The van der Waals surface area contributed by atoms with E-state index in [4.69, 9.17) is 0 Å². The van der Waals surface area contributed by atoms with E-state index in [1.54, 1.807) is 91.0 Å². The summed E-state index contributed by atoms with van der Waals surface area (Å²) in [4.78, 5) is 44.7. The molecule has 8 rings (SSSR count). The molecule has 0 aliphatic carbocycles. The van der Waals surface area contributed by atoms with E-state index in [1.165, 1.54) is 42.1 Å². The average molecular weight is 888 g/mol. The van der Waals surface area contributed by atoms with E-state index in [0.29, 0.717) is 39.6 Å². The summed E-state index contributed by atoms with van der Waals surface area (Å²) in [5.74, 6) is -1.39. The third kappa shape index (κ3) is 9.34. The molecular weight excluding hydrogens is 848 g/mol. The van der Waals surface area contributed by atoms with Crippen LogP contribution in [0.3, 0.4) is 0 Å². The zero-order chi connectivity index (χ0) is 44.3. The number of thioether (sulfide) groups is 1. The standard InChI is InChI=1S/C49H40F3N3O6S2/c50-49(51,52)37-21-20-34-28-44(55(43(34)29-37)63(60,61)40-18-6-2-7-19-40)47(58)41-30-38(54-24-8-3-9-25-54)22-23-42(41)53-48(59)36-16-10-12-32(26-36)31-62-39-17-11-15-35(27-39)46(57)45(56)33-13-4-1-5-14-33/h1-2,4-7,10-23,26-30,45,56H,3,8-9,24-25,31H2,(H,53,59). The zero-order valence-corrected chi connectivity index (χ0v) is 35.2. The lowest BCUT2D eigenvalue weighted by atomic mass is 10.0. The van der Waals surface area contributed by atoms with Crippen molar-refractivity contribution in [3.05, 3.63) is 191 Å². The first-order valence-electron chi connectivity index (χ1n) is 20.2. The number of rotatable bonds is 13. The number of amides is 1.